The zero-order valence-electron chi connectivity index (χ0n) is 7.99. The van der Waals surface area contributed by atoms with Crippen LogP contribution in [0.4, 0.5) is 0 Å². The highest BCUT2D eigenvalue weighted by Crippen LogP contribution is 2.18. The van der Waals surface area contributed by atoms with E-state index in [0.717, 1.165) is 12.8 Å². The third-order valence-electron chi connectivity index (χ3n) is 2.18. The van der Waals surface area contributed by atoms with E-state index >= 15 is 0 Å². The van der Waals surface area contributed by atoms with Crippen molar-refractivity contribution >= 4 is 5.97 Å². The lowest BCUT2D eigenvalue weighted by molar-refractivity contribution is -0.150. The average Bonchev–Trinajstić information content (AvgIpc) is 2.52. The van der Waals surface area contributed by atoms with Gasteiger partial charge in [-0.05, 0) is 12.8 Å². The van der Waals surface area contributed by atoms with Crippen LogP contribution >= 0.6 is 0 Å². The minimum Gasteiger partial charge on any atom is -0.465 e. The van der Waals surface area contributed by atoms with Gasteiger partial charge < -0.3 is 15.2 Å². The van der Waals surface area contributed by atoms with Crippen LogP contribution in [0.25, 0.3) is 0 Å². The van der Waals surface area contributed by atoms with Gasteiger partial charge in [-0.25, -0.2) is 0 Å². The van der Waals surface area contributed by atoms with Crippen LogP contribution in [0.1, 0.15) is 26.2 Å². The fraction of sp³-hybridized carbons (Fsp3) is 0.889. The lowest BCUT2D eigenvalue weighted by Crippen LogP contribution is -2.33. The van der Waals surface area contributed by atoms with Crippen LogP contribution in [0, 0.1) is 5.92 Å². The first-order valence-corrected chi connectivity index (χ1v) is 4.79. The number of hydrogen-bond donors (Lipinski definition) is 1. The Bertz CT molecular complexity index is 172. The zero-order valence-corrected chi connectivity index (χ0v) is 7.99. The molecule has 1 heterocycles. The van der Waals surface area contributed by atoms with Crippen LogP contribution in [0.15, 0.2) is 0 Å². The van der Waals surface area contributed by atoms with Crippen LogP contribution < -0.4 is 5.73 Å². The highest BCUT2D eigenvalue weighted by molar-refractivity contribution is 5.73. The van der Waals surface area contributed by atoms with Crippen LogP contribution in [-0.4, -0.2) is 25.4 Å². The predicted molar refractivity (Wildman–Crippen MR) is 47.9 cm³/mol. The van der Waals surface area contributed by atoms with E-state index < -0.39 is 6.23 Å². The molecule has 0 aromatic heterocycles. The fourth-order valence-electron chi connectivity index (χ4n) is 1.29. The largest absolute Gasteiger partial charge is 0.465 e. The molecule has 2 N–H and O–H groups in total. The van der Waals surface area contributed by atoms with Crippen molar-refractivity contribution in [3.05, 3.63) is 0 Å². The van der Waals surface area contributed by atoms with Gasteiger partial charge in [0.1, 0.15) is 6.23 Å². The standard InChI is InChI=1S/C9H17NO3/c1-2-3-5-13-9(11)7-4-6-12-8(7)10/h7-8H,2-6,10H2,1H3/t7?,8-/m0/s1. The second kappa shape index (κ2) is 5.19. The summed E-state index contributed by atoms with van der Waals surface area (Å²) in [5.41, 5.74) is 5.56. The Kier molecular flexibility index (Phi) is 4.18. The summed E-state index contributed by atoms with van der Waals surface area (Å²) in [6, 6.07) is 0. The van der Waals surface area contributed by atoms with Crippen molar-refractivity contribution in [2.24, 2.45) is 11.7 Å². The molecule has 0 saturated carbocycles. The highest BCUT2D eigenvalue weighted by atomic mass is 16.5. The zero-order chi connectivity index (χ0) is 9.68. The molecule has 1 unspecified atom stereocenters. The van der Waals surface area contributed by atoms with Crippen molar-refractivity contribution in [1.82, 2.24) is 0 Å². The van der Waals surface area contributed by atoms with Gasteiger partial charge in [-0.1, -0.05) is 13.3 Å². The molecule has 0 aromatic carbocycles. The number of rotatable bonds is 4. The van der Waals surface area contributed by atoms with Gasteiger partial charge in [0.25, 0.3) is 0 Å². The molecule has 0 aromatic rings. The summed E-state index contributed by atoms with van der Waals surface area (Å²) in [6.07, 6.45) is 2.16. The molecule has 13 heavy (non-hydrogen) atoms. The molecule has 0 spiro atoms. The summed E-state index contributed by atoms with van der Waals surface area (Å²) in [4.78, 5) is 11.3. The van der Waals surface area contributed by atoms with E-state index in [1.165, 1.54) is 0 Å². The fourth-order valence-corrected chi connectivity index (χ4v) is 1.29. The molecule has 4 heteroatoms. The Hall–Kier alpha value is -0.610. The van der Waals surface area contributed by atoms with Gasteiger partial charge in [-0.3, -0.25) is 4.79 Å². The van der Waals surface area contributed by atoms with Gasteiger partial charge in [-0.2, -0.15) is 0 Å². The molecule has 1 fully saturated rings. The molecule has 1 aliphatic heterocycles. The Balaban J connectivity index is 2.22. The maximum atomic E-state index is 11.3. The van der Waals surface area contributed by atoms with Gasteiger partial charge in [0.15, 0.2) is 0 Å². The number of hydrogen-bond acceptors (Lipinski definition) is 4. The number of unbranched alkanes of at least 4 members (excludes halogenated alkanes) is 1. The summed E-state index contributed by atoms with van der Waals surface area (Å²) >= 11 is 0. The maximum Gasteiger partial charge on any atom is 0.313 e. The number of carbonyl (C=O) groups excluding carboxylic acids is 1. The Morgan fingerprint density at radius 1 is 1.69 bits per heavy atom. The first kappa shape index (κ1) is 10.5. The molecule has 1 rings (SSSR count). The Morgan fingerprint density at radius 2 is 2.46 bits per heavy atom. The van der Waals surface area contributed by atoms with Gasteiger partial charge in [0, 0.05) is 6.61 Å². The first-order valence-electron chi connectivity index (χ1n) is 4.79. The van der Waals surface area contributed by atoms with Crippen LogP contribution in [0.5, 0.6) is 0 Å². The van der Waals surface area contributed by atoms with E-state index in [1.807, 2.05) is 0 Å². The van der Waals surface area contributed by atoms with Crippen LogP contribution in [-0.2, 0) is 14.3 Å². The van der Waals surface area contributed by atoms with Crippen molar-refractivity contribution in [2.45, 2.75) is 32.4 Å². The quantitative estimate of drug-likeness (QED) is 0.518. The van der Waals surface area contributed by atoms with Crippen molar-refractivity contribution in [3.8, 4) is 0 Å². The number of ether oxygens (including phenoxy) is 2. The summed E-state index contributed by atoms with van der Waals surface area (Å²) in [6.45, 7) is 3.12. The van der Waals surface area contributed by atoms with Crippen molar-refractivity contribution in [1.29, 1.82) is 0 Å². The summed E-state index contributed by atoms with van der Waals surface area (Å²) in [5.74, 6) is -0.463. The van der Waals surface area contributed by atoms with Crippen molar-refractivity contribution < 1.29 is 14.3 Å². The molecular formula is C9H17NO3. The van der Waals surface area contributed by atoms with Gasteiger partial charge >= 0.3 is 5.97 Å². The van der Waals surface area contributed by atoms with E-state index in [2.05, 4.69) is 6.92 Å². The third kappa shape index (κ3) is 2.97. The minimum absolute atomic E-state index is 0.210. The second-order valence-electron chi connectivity index (χ2n) is 3.25. The molecule has 4 nitrogen and oxygen atoms in total. The van der Waals surface area contributed by atoms with E-state index in [-0.39, 0.29) is 11.9 Å². The Labute approximate surface area is 78.4 Å². The minimum atomic E-state index is -0.464. The Morgan fingerprint density at radius 3 is 3.00 bits per heavy atom. The van der Waals surface area contributed by atoms with Crippen LogP contribution in [0.2, 0.25) is 0 Å². The molecule has 0 bridgehead atoms. The highest BCUT2D eigenvalue weighted by Gasteiger charge is 2.32. The lowest BCUT2D eigenvalue weighted by Gasteiger charge is -2.12. The molecule has 0 amide bonds. The van der Waals surface area contributed by atoms with Crippen molar-refractivity contribution in [2.75, 3.05) is 13.2 Å². The van der Waals surface area contributed by atoms with Gasteiger partial charge in [0.05, 0.1) is 12.5 Å². The number of esters is 1. The SMILES string of the molecule is CCCCOC(=O)C1CCO[C@@H]1N. The number of nitrogens with two attached hydrogens (primary N) is 1. The molecule has 1 aliphatic rings. The predicted octanol–water partition coefficient (Wildman–Crippen LogP) is 0.651. The van der Waals surface area contributed by atoms with E-state index in [9.17, 15) is 4.79 Å². The average molecular weight is 187 g/mol. The topological polar surface area (TPSA) is 61.5 Å². The summed E-state index contributed by atoms with van der Waals surface area (Å²) in [5, 5.41) is 0. The van der Waals surface area contributed by atoms with E-state index in [1.54, 1.807) is 0 Å². The molecular weight excluding hydrogens is 170 g/mol. The lowest BCUT2D eigenvalue weighted by atomic mass is 10.1. The van der Waals surface area contributed by atoms with Crippen LogP contribution in [0.3, 0.4) is 0 Å². The van der Waals surface area contributed by atoms with E-state index in [4.69, 9.17) is 15.2 Å². The molecule has 0 aliphatic carbocycles. The molecule has 2 atom stereocenters. The van der Waals surface area contributed by atoms with Gasteiger partial charge in [-0.15, -0.1) is 0 Å². The van der Waals surface area contributed by atoms with E-state index in [0.29, 0.717) is 19.6 Å². The normalized spacial score (nSPS) is 27.5. The maximum absolute atomic E-state index is 11.3. The van der Waals surface area contributed by atoms with Crippen molar-refractivity contribution in [3.63, 3.8) is 0 Å². The summed E-state index contributed by atoms with van der Waals surface area (Å²) in [7, 11) is 0. The molecule has 0 radical (unpaired) electrons. The van der Waals surface area contributed by atoms with Gasteiger partial charge in [0.2, 0.25) is 0 Å². The molecule has 76 valence electrons. The number of carbonyl (C=O) groups is 1. The first-order chi connectivity index (χ1) is 6.25. The summed E-state index contributed by atoms with van der Waals surface area (Å²) < 4.78 is 10.1. The third-order valence-corrected chi connectivity index (χ3v) is 2.18. The second-order valence-corrected chi connectivity index (χ2v) is 3.25. The molecule has 1 saturated heterocycles. The smallest absolute Gasteiger partial charge is 0.313 e. The monoisotopic (exact) mass is 187 g/mol.